The second kappa shape index (κ2) is 11.5. The van der Waals surface area contributed by atoms with Gasteiger partial charge in [-0.3, -0.25) is 24.0 Å². The van der Waals surface area contributed by atoms with Crippen molar-refractivity contribution in [3.8, 4) is 11.5 Å². The van der Waals surface area contributed by atoms with E-state index in [9.17, 15) is 29.1 Å². The van der Waals surface area contributed by atoms with Crippen LogP contribution in [0.3, 0.4) is 0 Å². The lowest BCUT2D eigenvalue weighted by atomic mass is 9.96. The van der Waals surface area contributed by atoms with Crippen LogP contribution in [-0.4, -0.2) is 72.0 Å². The predicted octanol–water partition coefficient (Wildman–Crippen LogP) is 0.630. The molecule has 5 atom stereocenters. The predicted molar refractivity (Wildman–Crippen MR) is 113 cm³/mol. The Bertz CT molecular complexity index is 960. The summed E-state index contributed by atoms with van der Waals surface area (Å²) in [5.41, 5.74) is 0.0655. The molecule has 0 saturated carbocycles. The van der Waals surface area contributed by atoms with E-state index in [1.165, 1.54) is 39.0 Å². The molecule has 0 bridgehead atoms. The number of hydrogen-bond donors (Lipinski definition) is 2. The molecule has 0 radical (unpaired) electrons. The highest BCUT2D eigenvalue weighted by molar-refractivity contribution is 5.96. The van der Waals surface area contributed by atoms with E-state index >= 15 is 0 Å². The molecule has 0 aromatic heterocycles. The average Bonchev–Trinajstić information content (AvgIpc) is 2.69. The van der Waals surface area contributed by atoms with E-state index in [0.717, 1.165) is 13.8 Å². The summed E-state index contributed by atoms with van der Waals surface area (Å²) < 4.78 is 27.4. The van der Waals surface area contributed by atoms with Crippen molar-refractivity contribution in [2.45, 2.75) is 65.3 Å². The smallest absolute Gasteiger partial charge is 0.303 e. The summed E-state index contributed by atoms with van der Waals surface area (Å²) in [5.74, 6) is -3.30. The highest BCUT2D eigenvalue weighted by Gasteiger charge is 2.52. The number of aromatic hydroxyl groups is 1. The first kappa shape index (κ1) is 26.6. The maximum atomic E-state index is 11.9. The van der Waals surface area contributed by atoms with Crippen LogP contribution in [0.1, 0.15) is 45.0 Å². The summed E-state index contributed by atoms with van der Waals surface area (Å²) in [7, 11) is 0. The number of benzene rings is 1. The van der Waals surface area contributed by atoms with Crippen LogP contribution in [0.2, 0.25) is 0 Å². The Balaban J connectivity index is 2.47. The van der Waals surface area contributed by atoms with Crippen molar-refractivity contribution in [2.75, 3.05) is 6.61 Å². The summed E-state index contributed by atoms with van der Waals surface area (Å²) in [6.07, 6.45) is -5.03. The average molecular weight is 481 g/mol. The molecule has 1 aromatic carbocycles. The SMILES string of the molecule is CC(=O)NC1C(Oc2ccc(C(C)=O)c(O)c2)OC(COC(C)=O)C(OC(C)=O)C1OC(C)=O. The third kappa shape index (κ3) is 7.17. The van der Waals surface area contributed by atoms with Gasteiger partial charge in [0.05, 0.1) is 5.56 Å². The van der Waals surface area contributed by atoms with Crippen LogP contribution in [0.15, 0.2) is 18.2 Å². The third-order valence-electron chi connectivity index (χ3n) is 4.67. The van der Waals surface area contributed by atoms with Crippen molar-refractivity contribution in [3.63, 3.8) is 0 Å². The second-order valence-corrected chi connectivity index (χ2v) is 7.57. The fraction of sp³-hybridized carbons (Fsp3) is 0.500. The van der Waals surface area contributed by atoms with Crippen molar-refractivity contribution < 1.29 is 52.8 Å². The Morgan fingerprint density at radius 1 is 0.941 bits per heavy atom. The fourth-order valence-electron chi connectivity index (χ4n) is 3.41. The minimum Gasteiger partial charge on any atom is -0.507 e. The van der Waals surface area contributed by atoms with Gasteiger partial charge in [0.1, 0.15) is 30.3 Å². The van der Waals surface area contributed by atoms with Crippen molar-refractivity contribution in [3.05, 3.63) is 23.8 Å². The molecule has 1 fully saturated rings. The second-order valence-electron chi connectivity index (χ2n) is 7.57. The van der Waals surface area contributed by atoms with Crippen LogP contribution in [0.4, 0.5) is 0 Å². The van der Waals surface area contributed by atoms with Gasteiger partial charge >= 0.3 is 17.9 Å². The number of carbonyl (C=O) groups is 5. The molecule has 2 rings (SSSR count). The number of carbonyl (C=O) groups excluding carboxylic acids is 5. The molecule has 2 N–H and O–H groups in total. The number of phenolic OH excluding ortho intramolecular Hbond substituents is 1. The number of ether oxygens (including phenoxy) is 5. The molecule has 0 spiro atoms. The molecule has 34 heavy (non-hydrogen) atoms. The van der Waals surface area contributed by atoms with Crippen molar-refractivity contribution in [1.82, 2.24) is 5.32 Å². The molecule has 1 amide bonds. The minimum atomic E-state index is -1.34. The monoisotopic (exact) mass is 481 g/mol. The molecule has 1 aliphatic heterocycles. The zero-order chi connectivity index (χ0) is 25.6. The first-order chi connectivity index (χ1) is 15.9. The van der Waals surface area contributed by atoms with Crippen LogP contribution in [0, 0.1) is 0 Å². The van der Waals surface area contributed by atoms with Gasteiger partial charge in [0.25, 0.3) is 0 Å². The van der Waals surface area contributed by atoms with Crippen LogP contribution in [-0.2, 0) is 38.1 Å². The van der Waals surface area contributed by atoms with Crippen LogP contribution < -0.4 is 10.1 Å². The van der Waals surface area contributed by atoms with E-state index in [0.29, 0.717) is 0 Å². The van der Waals surface area contributed by atoms with Gasteiger partial charge in [-0.05, 0) is 19.1 Å². The third-order valence-corrected chi connectivity index (χ3v) is 4.67. The number of rotatable bonds is 8. The number of phenols is 1. The summed E-state index contributed by atoms with van der Waals surface area (Å²) in [5, 5.41) is 12.7. The molecular formula is C22H27NO11. The van der Waals surface area contributed by atoms with Crippen LogP contribution in [0.5, 0.6) is 11.5 Å². The van der Waals surface area contributed by atoms with Crippen LogP contribution in [0.25, 0.3) is 0 Å². The van der Waals surface area contributed by atoms with Gasteiger partial charge in [-0.25, -0.2) is 0 Å². The zero-order valence-electron chi connectivity index (χ0n) is 19.4. The van der Waals surface area contributed by atoms with E-state index in [4.69, 9.17) is 23.7 Å². The maximum absolute atomic E-state index is 11.9. The molecule has 186 valence electrons. The number of amides is 1. The molecule has 0 aliphatic carbocycles. The number of hydrogen-bond acceptors (Lipinski definition) is 11. The minimum absolute atomic E-state index is 0.0570. The molecule has 1 saturated heterocycles. The molecule has 12 heteroatoms. The van der Waals surface area contributed by atoms with E-state index in [-0.39, 0.29) is 29.5 Å². The zero-order valence-corrected chi connectivity index (χ0v) is 19.4. The highest BCUT2D eigenvalue weighted by Crippen LogP contribution is 2.31. The lowest BCUT2D eigenvalue weighted by molar-refractivity contribution is -0.257. The fourth-order valence-corrected chi connectivity index (χ4v) is 3.41. The number of esters is 3. The quantitative estimate of drug-likeness (QED) is 0.304. The Kier molecular flexibility index (Phi) is 8.96. The van der Waals surface area contributed by atoms with Gasteiger partial charge < -0.3 is 34.1 Å². The summed E-state index contributed by atoms with van der Waals surface area (Å²) in [6.45, 7) is 5.53. The molecule has 1 aliphatic rings. The van der Waals surface area contributed by atoms with Gasteiger partial charge in [-0.1, -0.05) is 0 Å². The van der Waals surface area contributed by atoms with E-state index in [1.807, 2.05) is 0 Å². The van der Waals surface area contributed by atoms with Crippen molar-refractivity contribution in [2.24, 2.45) is 0 Å². The summed E-state index contributed by atoms with van der Waals surface area (Å²) in [6, 6.07) is 2.73. The topological polar surface area (TPSA) is 164 Å². The van der Waals surface area contributed by atoms with Gasteiger partial charge in [-0.2, -0.15) is 0 Å². The van der Waals surface area contributed by atoms with E-state index in [1.54, 1.807) is 0 Å². The van der Waals surface area contributed by atoms with Gasteiger partial charge in [0.2, 0.25) is 12.2 Å². The van der Waals surface area contributed by atoms with Gasteiger partial charge in [0, 0.05) is 33.8 Å². The molecular weight excluding hydrogens is 454 g/mol. The maximum Gasteiger partial charge on any atom is 0.303 e. The lowest BCUT2D eigenvalue weighted by Gasteiger charge is -2.44. The summed E-state index contributed by atoms with van der Waals surface area (Å²) >= 11 is 0. The van der Waals surface area contributed by atoms with Gasteiger partial charge in [0.15, 0.2) is 18.0 Å². The first-order valence-electron chi connectivity index (χ1n) is 10.3. The van der Waals surface area contributed by atoms with E-state index in [2.05, 4.69) is 5.32 Å². The van der Waals surface area contributed by atoms with Crippen molar-refractivity contribution in [1.29, 1.82) is 0 Å². The molecule has 1 aromatic rings. The Morgan fingerprint density at radius 3 is 2.06 bits per heavy atom. The number of Topliss-reactive ketones (excluding diaryl/α,β-unsaturated/α-hetero) is 1. The normalized spacial score (nSPS) is 23.9. The Labute approximate surface area is 195 Å². The van der Waals surface area contributed by atoms with E-state index < -0.39 is 54.5 Å². The molecule has 1 heterocycles. The first-order valence-corrected chi connectivity index (χ1v) is 10.3. The number of ketones is 1. The van der Waals surface area contributed by atoms with Crippen molar-refractivity contribution >= 4 is 29.6 Å². The lowest BCUT2D eigenvalue weighted by Crippen LogP contribution is -2.67. The Morgan fingerprint density at radius 2 is 1.56 bits per heavy atom. The largest absolute Gasteiger partial charge is 0.507 e. The highest BCUT2D eigenvalue weighted by atomic mass is 16.7. The standard InChI is InChI=1S/C22H27NO11/c1-10(24)16-7-6-15(8-17(16)29)33-22-19(23-11(2)25)21(32-14(5)28)20(31-13(4)27)18(34-22)9-30-12(3)26/h6-8,18-22,29H,9H2,1-5H3,(H,23,25). The Hall–Kier alpha value is -3.67. The van der Waals surface area contributed by atoms with Crippen LogP contribution >= 0.6 is 0 Å². The summed E-state index contributed by atoms with van der Waals surface area (Å²) in [4.78, 5) is 58.5. The molecule has 12 nitrogen and oxygen atoms in total. The van der Waals surface area contributed by atoms with Gasteiger partial charge in [-0.15, -0.1) is 0 Å². The molecule has 5 unspecified atom stereocenters. The number of nitrogens with one attached hydrogen (secondary N) is 1.